The highest BCUT2D eigenvalue weighted by Gasteiger charge is 2.35. The molecule has 0 N–H and O–H groups in total. The Balaban J connectivity index is -0.000000645. The van der Waals surface area contributed by atoms with Gasteiger partial charge in [-0.3, -0.25) is 0 Å². The number of hydrogen-bond acceptors (Lipinski definition) is 12. The average Bonchev–Trinajstić information content (AvgIpc) is 3.03. The molecule has 0 aliphatic carbocycles. The highest BCUT2D eigenvalue weighted by molar-refractivity contribution is 4.81. The van der Waals surface area contributed by atoms with Gasteiger partial charge in [0.25, 0.3) is 0 Å². The molecule has 12 nitrogen and oxygen atoms in total. The molecule has 0 aromatic carbocycles. The van der Waals surface area contributed by atoms with Crippen LogP contribution < -0.4 is 0 Å². The molecule has 0 rings (SSSR count). The number of rotatable bonds is 29. The van der Waals surface area contributed by atoms with E-state index in [2.05, 4.69) is 20.8 Å². The lowest BCUT2D eigenvalue weighted by Crippen LogP contribution is -2.44. The molecule has 0 aliphatic heterocycles. The van der Waals surface area contributed by atoms with Crippen LogP contribution in [0.15, 0.2) is 0 Å². The number of ether oxygens (including phenoxy) is 12. The fraction of sp³-hybridized carbons (Fsp3) is 1.00. The maximum Gasteiger partial charge on any atom is 0.412 e. The van der Waals surface area contributed by atoms with Crippen LogP contribution in [0.4, 0.5) is 0 Å². The van der Waals surface area contributed by atoms with E-state index in [1.54, 1.807) is 14.2 Å². The van der Waals surface area contributed by atoms with Crippen LogP contribution in [-0.2, 0) is 56.8 Å². The van der Waals surface area contributed by atoms with Crippen molar-refractivity contribution in [3.05, 3.63) is 0 Å². The molecule has 0 aromatic heterocycles. The molecule has 1 atom stereocenters. The Morgan fingerprint density at radius 3 is 0.938 bits per heavy atom. The third kappa shape index (κ3) is 28.2. The number of methoxy groups -OCH3 is 2. The van der Waals surface area contributed by atoms with Gasteiger partial charge in [0.2, 0.25) is 0 Å². The van der Waals surface area contributed by atoms with Crippen LogP contribution in [0.2, 0.25) is 0 Å². The van der Waals surface area contributed by atoms with Gasteiger partial charge in [-0.25, -0.2) is 0 Å². The van der Waals surface area contributed by atoms with Crippen molar-refractivity contribution in [2.24, 2.45) is 10.8 Å². The quantitative estimate of drug-likeness (QED) is 0.0808. The lowest BCUT2D eigenvalue weighted by atomic mass is 9.91. The lowest BCUT2D eigenvalue weighted by Gasteiger charge is -2.35. The van der Waals surface area contributed by atoms with Gasteiger partial charge in [-0.15, -0.1) is 0 Å². The first kappa shape index (κ1) is 51.9. The fourth-order valence-electron chi connectivity index (χ4n) is 4.06. The second-order valence-electron chi connectivity index (χ2n) is 12.4. The molecule has 1 unspecified atom stereocenters. The Morgan fingerprint density at radius 2 is 0.708 bits per heavy atom. The summed E-state index contributed by atoms with van der Waals surface area (Å²) in [7, 11) is 3.39. The van der Waals surface area contributed by atoms with E-state index in [1.807, 2.05) is 69.2 Å². The SMILES string of the molecule is CCOC(OCC)(OCC)OCC.CCOCC(COC)(COC(C)C)COC(C)(C)C.CCOCC(COC)(COCC)COCC. The van der Waals surface area contributed by atoms with Gasteiger partial charge >= 0.3 is 6.16 Å². The fourth-order valence-corrected chi connectivity index (χ4v) is 4.06. The molecule has 0 amide bonds. The summed E-state index contributed by atoms with van der Waals surface area (Å²) < 4.78 is 65.6. The van der Waals surface area contributed by atoms with Gasteiger partial charge in [-0.2, -0.15) is 0 Å². The van der Waals surface area contributed by atoms with Gasteiger partial charge in [-0.1, -0.05) is 0 Å². The van der Waals surface area contributed by atoms with Crippen LogP contribution in [-0.4, -0.2) is 138 Å². The molecule has 0 bridgehead atoms. The summed E-state index contributed by atoms with van der Waals surface area (Å²) in [4.78, 5) is 0. The summed E-state index contributed by atoms with van der Waals surface area (Å²) in [6.45, 7) is 35.1. The lowest BCUT2D eigenvalue weighted by molar-refractivity contribution is -0.495. The van der Waals surface area contributed by atoms with Crippen molar-refractivity contribution >= 4 is 0 Å². The largest absolute Gasteiger partial charge is 0.412 e. The monoisotopic (exact) mass is 703 g/mol. The molecule has 0 saturated heterocycles. The zero-order valence-corrected chi connectivity index (χ0v) is 33.8. The molecule has 48 heavy (non-hydrogen) atoms. The molecule has 0 aliphatic rings. The van der Waals surface area contributed by atoms with Crippen LogP contribution in [0.1, 0.15) is 90.0 Å². The van der Waals surface area contributed by atoms with Crippen LogP contribution in [0.25, 0.3) is 0 Å². The van der Waals surface area contributed by atoms with E-state index in [0.717, 1.165) is 0 Å². The maximum atomic E-state index is 5.94. The summed E-state index contributed by atoms with van der Waals surface area (Å²) >= 11 is 0. The summed E-state index contributed by atoms with van der Waals surface area (Å²) in [5.41, 5.74) is -0.609. The smallest absolute Gasteiger partial charge is 0.384 e. The highest BCUT2D eigenvalue weighted by Crippen LogP contribution is 2.24. The normalized spacial score (nSPS) is 13.5. The average molecular weight is 703 g/mol. The van der Waals surface area contributed by atoms with Gasteiger partial charge in [-0.05, 0) is 90.0 Å². The second kappa shape index (κ2) is 32.4. The zero-order chi connectivity index (χ0) is 37.4. The van der Waals surface area contributed by atoms with Crippen molar-refractivity contribution in [1.29, 1.82) is 0 Å². The van der Waals surface area contributed by atoms with Crippen molar-refractivity contribution in [1.82, 2.24) is 0 Å². The van der Waals surface area contributed by atoms with Crippen LogP contribution in [0.5, 0.6) is 0 Å². The minimum Gasteiger partial charge on any atom is -0.384 e. The third-order valence-electron chi connectivity index (χ3n) is 6.17. The third-order valence-corrected chi connectivity index (χ3v) is 6.17. The standard InChI is InChI=1S/C15H32O4.C12H26O4.C9H20O4/c1-8-17-10-15(9-16-7,11-18-13(2)3)12-19-14(4,5)6;1-5-14-9-12(8-13-4,10-15-6-2)11-16-7-3;1-5-10-9(11-6-2,12-7-3)13-8-4/h13H,8-12H2,1-7H3;5-11H2,1-4H3;5-8H2,1-4H3. The van der Waals surface area contributed by atoms with Crippen LogP contribution in [0.3, 0.4) is 0 Å². The van der Waals surface area contributed by atoms with E-state index in [-0.39, 0.29) is 22.5 Å². The summed E-state index contributed by atoms with van der Waals surface area (Å²) in [5, 5.41) is 0. The van der Waals surface area contributed by atoms with E-state index < -0.39 is 6.16 Å². The molecule has 0 spiro atoms. The Bertz CT molecular complexity index is 608. The van der Waals surface area contributed by atoms with Crippen molar-refractivity contribution in [3.8, 4) is 0 Å². The van der Waals surface area contributed by atoms with E-state index in [0.29, 0.717) is 106 Å². The topological polar surface area (TPSA) is 111 Å². The molecular formula is C36H78O12. The van der Waals surface area contributed by atoms with Gasteiger partial charge in [0, 0.05) is 40.6 Å². The minimum atomic E-state index is -1.30. The van der Waals surface area contributed by atoms with E-state index in [1.165, 1.54) is 0 Å². The Morgan fingerprint density at radius 1 is 0.396 bits per heavy atom. The van der Waals surface area contributed by atoms with Crippen molar-refractivity contribution in [3.63, 3.8) is 0 Å². The zero-order valence-electron chi connectivity index (χ0n) is 33.8. The van der Waals surface area contributed by atoms with Gasteiger partial charge in [0.05, 0.1) is 102 Å². The van der Waals surface area contributed by atoms with Crippen LogP contribution >= 0.6 is 0 Å². The van der Waals surface area contributed by atoms with Crippen LogP contribution in [0, 0.1) is 10.8 Å². The minimum absolute atomic E-state index is 0.178. The van der Waals surface area contributed by atoms with Crippen molar-refractivity contribution < 1.29 is 56.8 Å². The Labute approximate surface area is 295 Å². The summed E-state index contributed by atoms with van der Waals surface area (Å²) in [5.74, 6) is 0. The maximum absolute atomic E-state index is 5.94. The number of hydrogen-bond donors (Lipinski definition) is 0. The first-order valence-corrected chi connectivity index (χ1v) is 17.8. The van der Waals surface area contributed by atoms with E-state index in [4.69, 9.17) is 56.8 Å². The summed E-state index contributed by atoms with van der Waals surface area (Å²) in [6.07, 6.45) is -1.11. The molecule has 0 radical (unpaired) electrons. The Hall–Kier alpha value is -0.480. The van der Waals surface area contributed by atoms with Crippen molar-refractivity contribution in [2.45, 2.75) is 108 Å². The van der Waals surface area contributed by atoms with Gasteiger partial charge in [0.1, 0.15) is 0 Å². The molecule has 294 valence electrons. The van der Waals surface area contributed by atoms with Crippen molar-refractivity contribution in [2.75, 3.05) is 120 Å². The first-order valence-electron chi connectivity index (χ1n) is 17.8. The molecule has 12 heteroatoms. The van der Waals surface area contributed by atoms with Gasteiger partial charge in [0.15, 0.2) is 0 Å². The first-order chi connectivity index (χ1) is 22.7. The Kier molecular flexibility index (Phi) is 35.1. The molecular weight excluding hydrogens is 624 g/mol. The predicted molar refractivity (Wildman–Crippen MR) is 191 cm³/mol. The molecule has 0 aromatic rings. The van der Waals surface area contributed by atoms with E-state index >= 15 is 0 Å². The molecule has 0 fully saturated rings. The van der Waals surface area contributed by atoms with Gasteiger partial charge < -0.3 is 56.8 Å². The predicted octanol–water partition coefficient (Wildman–Crippen LogP) is 6.37. The molecule has 0 saturated carbocycles. The highest BCUT2D eigenvalue weighted by atomic mass is 17.0. The van der Waals surface area contributed by atoms with E-state index in [9.17, 15) is 0 Å². The molecule has 0 heterocycles. The second-order valence-corrected chi connectivity index (χ2v) is 12.4. The summed E-state index contributed by atoms with van der Waals surface area (Å²) in [6, 6.07) is 0.